The summed E-state index contributed by atoms with van der Waals surface area (Å²) in [6.07, 6.45) is 0. The second-order valence-electron chi connectivity index (χ2n) is 4.69. The van der Waals surface area contributed by atoms with Crippen LogP contribution in [0.15, 0.2) is 53.0 Å². The molecule has 0 saturated carbocycles. The number of aromatic nitrogens is 1. The van der Waals surface area contributed by atoms with Gasteiger partial charge in [0.2, 0.25) is 0 Å². The van der Waals surface area contributed by atoms with Crippen LogP contribution in [0.2, 0.25) is 0 Å². The number of ether oxygens (including phenoxy) is 1. The minimum Gasteiger partial charge on any atom is -0.462 e. The van der Waals surface area contributed by atoms with Gasteiger partial charge in [0.1, 0.15) is 0 Å². The Balaban J connectivity index is 2.09. The van der Waals surface area contributed by atoms with Crippen molar-refractivity contribution in [2.75, 3.05) is 6.61 Å². The maximum atomic E-state index is 11.9. The van der Waals surface area contributed by atoms with Crippen LogP contribution in [0.1, 0.15) is 17.3 Å². The van der Waals surface area contributed by atoms with Crippen molar-refractivity contribution in [1.82, 2.24) is 4.98 Å². The first-order chi connectivity index (χ1) is 10.2. The number of benzene rings is 2. The van der Waals surface area contributed by atoms with Gasteiger partial charge in [0, 0.05) is 21.1 Å². The molecule has 3 rings (SSSR count). The van der Waals surface area contributed by atoms with Gasteiger partial charge in [0.25, 0.3) is 0 Å². The van der Waals surface area contributed by atoms with Gasteiger partial charge >= 0.3 is 5.97 Å². The molecule has 3 aromatic rings. The fraction of sp³-hybridized carbons (Fsp3) is 0.118. The van der Waals surface area contributed by atoms with Gasteiger partial charge in [-0.1, -0.05) is 46.3 Å². The molecule has 4 heteroatoms. The summed E-state index contributed by atoms with van der Waals surface area (Å²) in [7, 11) is 0. The van der Waals surface area contributed by atoms with Gasteiger partial charge in [0.05, 0.1) is 12.2 Å². The zero-order valence-corrected chi connectivity index (χ0v) is 13.1. The van der Waals surface area contributed by atoms with Gasteiger partial charge in [-0.2, -0.15) is 0 Å². The molecule has 0 saturated heterocycles. The molecule has 0 spiro atoms. The highest BCUT2D eigenvalue weighted by molar-refractivity contribution is 9.10. The van der Waals surface area contributed by atoms with E-state index in [1.54, 1.807) is 13.0 Å². The molecular formula is C17H14BrNO2. The summed E-state index contributed by atoms with van der Waals surface area (Å²) in [4.78, 5) is 15.2. The normalized spacial score (nSPS) is 10.8. The summed E-state index contributed by atoms with van der Waals surface area (Å²) in [5, 5.41) is 1.04. The van der Waals surface area contributed by atoms with E-state index in [4.69, 9.17) is 4.74 Å². The third-order valence-electron chi connectivity index (χ3n) is 3.28. The lowest BCUT2D eigenvalue weighted by atomic mass is 10.1. The molecule has 0 radical (unpaired) electrons. The number of fused-ring (bicyclic) bond motifs is 1. The first-order valence-corrected chi connectivity index (χ1v) is 7.53. The van der Waals surface area contributed by atoms with Crippen molar-refractivity contribution in [2.45, 2.75) is 6.92 Å². The molecule has 0 atom stereocenters. The number of hydrogen-bond acceptors (Lipinski definition) is 2. The molecule has 1 aromatic heterocycles. The van der Waals surface area contributed by atoms with Crippen molar-refractivity contribution < 1.29 is 9.53 Å². The van der Waals surface area contributed by atoms with Crippen molar-refractivity contribution in [3.8, 4) is 11.3 Å². The van der Waals surface area contributed by atoms with E-state index in [1.165, 1.54) is 0 Å². The summed E-state index contributed by atoms with van der Waals surface area (Å²) in [6, 6.07) is 15.8. The van der Waals surface area contributed by atoms with Crippen LogP contribution >= 0.6 is 15.9 Å². The van der Waals surface area contributed by atoms with E-state index in [-0.39, 0.29) is 5.97 Å². The number of halogens is 1. The second-order valence-corrected chi connectivity index (χ2v) is 5.54. The molecule has 2 aromatic carbocycles. The SMILES string of the molecule is CCOC(=O)c1cc(Br)c2cc(-c3ccccc3)[nH]c2c1. The quantitative estimate of drug-likeness (QED) is 0.695. The lowest BCUT2D eigenvalue weighted by Crippen LogP contribution is -2.04. The Labute approximate surface area is 131 Å². The molecule has 3 nitrogen and oxygen atoms in total. The van der Waals surface area contributed by atoms with Gasteiger partial charge in [0.15, 0.2) is 0 Å². The summed E-state index contributed by atoms with van der Waals surface area (Å²) < 4.78 is 5.93. The van der Waals surface area contributed by atoms with E-state index in [1.807, 2.05) is 36.4 Å². The van der Waals surface area contributed by atoms with Crippen LogP contribution in [-0.2, 0) is 4.74 Å². The zero-order chi connectivity index (χ0) is 14.8. The van der Waals surface area contributed by atoms with Crippen LogP contribution in [0.4, 0.5) is 0 Å². The van der Waals surface area contributed by atoms with Crippen LogP contribution in [0.3, 0.4) is 0 Å². The third-order valence-corrected chi connectivity index (χ3v) is 3.94. The third kappa shape index (κ3) is 2.72. The zero-order valence-electron chi connectivity index (χ0n) is 11.5. The van der Waals surface area contributed by atoms with E-state index in [0.29, 0.717) is 12.2 Å². The van der Waals surface area contributed by atoms with Crippen molar-refractivity contribution in [2.24, 2.45) is 0 Å². The van der Waals surface area contributed by atoms with Gasteiger partial charge in [-0.15, -0.1) is 0 Å². The molecule has 0 aliphatic heterocycles. The van der Waals surface area contributed by atoms with Crippen LogP contribution in [0, 0.1) is 0 Å². The van der Waals surface area contributed by atoms with Gasteiger partial charge in [-0.05, 0) is 30.7 Å². The van der Waals surface area contributed by atoms with Gasteiger partial charge in [-0.3, -0.25) is 0 Å². The predicted molar refractivity (Wildman–Crippen MR) is 87.4 cm³/mol. The number of hydrogen-bond donors (Lipinski definition) is 1. The predicted octanol–water partition coefficient (Wildman–Crippen LogP) is 4.77. The summed E-state index contributed by atoms with van der Waals surface area (Å²) in [5.74, 6) is -0.309. The number of aromatic amines is 1. The van der Waals surface area contributed by atoms with E-state index in [9.17, 15) is 4.79 Å². The first-order valence-electron chi connectivity index (χ1n) is 6.74. The number of rotatable bonds is 3. The van der Waals surface area contributed by atoms with Gasteiger partial charge in [-0.25, -0.2) is 4.79 Å². The molecule has 0 amide bonds. The van der Waals surface area contributed by atoms with E-state index < -0.39 is 0 Å². The summed E-state index contributed by atoms with van der Waals surface area (Å²) in [5.41, 5.74) is 3.58. The number of nitrogens with one attached hydrogen (secondary N) is 1. The Morgan fingerprint density at radius 3 is 2.67 bits per heavy atom. The minimum atomic E-state index is -0.309. The van der Waals surface area contributed by atoms with Crippen LogP contribution < -0.4 is 0 Å². The molecule has 21 heavy (non-hydrogen) atoms. The Morgan fingerprint density at radius 2 is 1.95 bits per heavy atom. The maximum Gasteiger partial charge on any atom is 0.338 e. The maximum absolute atomic E-state index is 11.9. The van der Waals surface area contributed by atoms with Gasteiger partial charge < -0.3 is 9.72 Å². The number of H-pyrrole nitrogens is 1. The molecule has 106 valence electrons. The highest BCUT2D eigenvalue weighted by Gasteiger charge is 2.12. The van der Waals surface area contributed by atoms with Crippen molar-refractivity contribution in [3.63, 3.8) is 0 Å². The topological polar surface area (TPSA) is 42.1 Å². The first kappa shape index (κ1) is 13.9. The van der Waals surface area contributed by atoms with Crippen LogP contribution in [0.25, 0.3) is 22.2 Å². The summed E-state index contributed by atoms with van der Waals surface area (Å²) in [6.45, 7) is 2.17. The van der Waals surface area contributed by atoms with E-state index >= 15 is 0 Å². The smallest absolute Gasteiger partial charge is 0.338 e. The number of carbonyl (C=O) groups is 1. The average molecular weight is 344 g/mol. The Kier molecular flexibility index (Phi) is 3.80. The summed E-state index contributed by atoms with van der Waals surface area (Å²) >= 11 is 3.53. The van der Waals surface area contributed by atoms with E-state index in [2.05, 4.69) is 27.0 Å². The van der Waals surface area contributed by atoms with Crippen LogP contribution in [0.5, 0.6) is 0 Å². The molecular weight excluding hydrogens is 330 g/mol. The molecule has 0 bridgehead atoms. The number of esters is 1. The second kappa shape index (κ2) is 5.74. The Hall–Kier alpha value is -2.07. The minimum absolute atomic E-state index is 0.309. The van der Waals surface area contributed by atoms with Crippen molar-refractivity contribution >= 4 is 32.8 Å². The standard InChI is InChI=1S/C17H14BrNO2/c1-2-21-17(20)12-8-14(18)13-10-15(19-16(13)9-12)11-6-4-3-5-7-11/h3-10,19H,2H2,1H3. The Bertz CT molecular complexity index is 793. The Morgan fingerprint density at radius 1 is 1.19 bits per heavy atom. The molecule has 0 fully saturated rings. The molecule has 1 heterocycles. The molecule has 0 unspecified atom stereocenters. The average Bonchev–Trinajstić information content (AvgIpc) is 2.93. The largest absolute Gasteiger partial charge is 0.462 e. The monoisotopic (exact) mass is 343 g/mol. The highest BCUT2D eigenvalue weighted by atomic mass is 79.9. The fourth-order valence-electron chi connectivity index (χ4n) is 2.30. The lowest BCUT2D eigenvalue weighted by molar-refractivity contribution is 0.0526. The lowest BCUT2D eigenvalue weighted by Gasteiger charge is -2.03. The molecule has 0 aliphatic rings. The molecule has 1 N–H and O–H groups in total. The van der Waals surface area contributed by atoms with Crippen LogP contribution in [-0.4, -0.2) is 17.6 Å². The van der Waals surface area contributed by atoms with E-state index in [0.717, 1.165) is 26.6 Å². The fourth-order valence-corrected chi connectivity index (χ4v) is 2.87. The number of carbonyl (C=O) groups excluding carboxylic acids is 1. The van der Waals surface area contributed by atoms with Crippen molar-refractivity contribution in [1.29, 1.82) is 0 Å². The van der Waals surface area contributed by atoms with Crippen molar-refractivity contribution in [3.05, 3.63) is 58.6 Å². The molecule has 0 aliphatic carbocycles. The highest BCUT2D eigenvalue weighted by Crippen LogP contribution is 2.30.